The van der Waals surface area contributed by atoms with Crippen LogP contribution in [0.3, 0.4) is 0 Å². The monoisotopic (exact) mass is 234 g/mol. The summed E-state index contributed by atoms with van der Waals surface area (Å²) in [5, 5.41) is 9.07. The summed E-state index contributed by atoms with van der Waals surface area (Å²) < 4.78 is 13.6. The number of nitrogens with two attached hydrogens (primary N) is 1. The van der Waals surface area contributed by atoms with Gasteiger partial charge in [0.05, 0.1) is 6.54 Å². The molecule has 0 unspecified atom stereocenters. The maximum Gasteiger partial charge on any atom is 0.128 e. The molecule has 3 N–H and O–H groups in total. The van der Waals surface area contributed by atoms with E-state index in [0.717, 1.165) is 0 Å². The van der Waals surface area contributed by atoms with Gasteiger partial charge in [-0.2, -0.15) is 0 Å². The highest BCUT2D eigenvalue weighted by atomic mass is 79.9. The van der Waals surface area contributed by atoms with Gasteiger partial charge < -0.3 is 0 Å². The molecule has 0 saturated carbocycles. The third kappa shape index (κ3) is 2.53. The molecule has 1 aromatic carbocycles. The van der Waals surface area contributed by atoms with Gasteiger partial charge in [-0.3, -0.25) is 5.21 Å². The lowest BCUT2D eigenvalue weighted by atomic mass is 10.2. The van der Waals surface area contributed by atoms with Crippen molar-refractivity contribution in [1.82, 2.24) is 5.17 Å². The topological polar surface area (TPSA) is 49.5 Å². The number of rotatable bonds is 2. The highest BCUT2D eigenvalue weighted by molar-refractivity contribution is 9.10. The van der Waals surface area contributed by atoms with Crippen molar-refractivity contribution in [3.05, 3.63) is 34.1 Å². The van der Waals surface area contributed by atoms with Crippen molar-refractivity contribution < 1.29 is 9.60 Å². The lowest BCUT2D eigenvalue weighted by Crippen LogP contribution is -2.26. The SMILES string of the molecule is NN(O)Cc1ccc(Br)cc1F. The lowest BCUT2D eigenvalue weighted by molar-refractivity contribution is -0.102. The number of halogens is 2. The Morgan fingerprint density at radius 1 is 1.58 bits per heavy atom. The Kier molecular flexibility index (Phi) is 3.16. The van der Waals surface area contributed by atoms with Crippen LogP contribution in [-0.2, 0) is 6.54 Å². The minimum Gasteiger partial charge on any atom is -0.299 e. The molecular weight excluding hydrogens is 227 g/mol. The normalized spacial score (nSPS) is 10.8. The molecule has 0 bridgehead atoms. The van der Waals surface area contributed by atoms with Crippen LogP contribution >= 0.6 is 15.9 Å². The zero-order chi connectivity index (χ0) is 9.14. The zero-order valence-electron chi connectivity index (χ0n) is 6.17. The van der Waals surface area contributed by atoms with Crippen LogP contribution in [0, 0.1) is 5.82 Å². The fourth-order valence-electron chi connectivity index (χ4n) is 0.824. The first-order chi connectivity index (χ1) is 5.59. The summed E-state index contributed by atoms with van der Waals surface area (Å²) in [7, 11) is 0. The van der Waals surface area contributed by atoms with Gasteiger partial charge in [-0.25, -0.2) is 10.2 Å². The molecule has 0 fully saturated rings. The summed E-state index contributed by atoms with van der Waals surface area (Å²) in [6.07, 6.45) is 0. The van der Waals surface area contributed by atoms with Crippen LogP contribution < -0.4 is 5.84 Å². The van der Waals surface area contributed by atoms with E-state index in [0.29, 0.717) is 15.2 Å². The first-order valence-electron chi connectivity index (χ1n) is 3.24. The predicted molar refractivity (Wildman–Crippen MR) is 45.6 cm³/mol. The van der Waals surface area contributed by atoms with Gasteiger partial charge in [0.1, 0.15) is 5.82 Å². The van der Waals surface area contributed by atoms with Gasteiger partial charge in [0.2, 0.25) is 0 Å². The smallest absolute Gasteiger partial charge is 0.128 e. The average Bonchev–Trinajstić information content (AvgIpc) is 1.94. The second-order valence-corrected chi connectivity index (χ2v) is 3.25. The van der Waals surface area contributed by atoms with Crippen molar-refractivity contribution in [2.24, 2.45) is 5.84 Å². The summed E-state index contributed by atoms with van der Waals surface area (Å²) in [5.41, 5.74) is 0.350. The van der Waals surface area contributed by atoms with Crippen LogP contribution in [0.2, 0.25) is 0 Å². The molecule has 0 saturated heterocycles. The summed E-state index contributed by atoms with van der Waals surface area (Å²) >= 11 is 3.12. The second kappa shape index (κ2) is 3.95. The van der Waals surface area contributed by atoms with E-state index < -0.39 is 5.82 Å². The first kappa shape index (κ1) is 9.60. The fourth-order valence-corrected chi connectivity index (χ4v) is 1.16. The maximum atomic E-state index is 13.0. The molecule has 0 aromatic heterocycles. The molecule has 0 amide bonds. The molecule has 0 aliphatic rings. The third-order valence-electron chi connectivity index (χ3n) is 1.35. The minimum atomic E-state index is -0.395. The Morgan fingerprint density at radius 2 is 2.25 bits per heavy atom. The van der Waals surface area contributed by atoms with E-state index in [1.165, 1.54) is 6.07 Å². The van der Waals surface area contributed by atoms with E-state index in [-0.39, 0.29) is 6.54 Å². The number of hydrogen-bond donors (Lipinski definition) is 2. The van der Waals surface area contributed by atoms with Gasteiger partial charge in [-0.15, -0.1) is 5.17 Å². The average molecular weight is 235 g/mol. The summed E-state index contributed by atoms with van der Waals surface area (Å²) in [6.45, 7) is -0.0287. The lowest BCUT2D eigenvalue weighted by Gasteiger charge is -2.08. The largest absolute Gasteiger partial charge is 0.299 e. The predicted octanol–water partition coefficient (Wildman–Crippen LogP) is 1.65. The van der Waals surface area contributed by atoms with Crippen molar-refractivity contribution in [1.29, 1.82) is 0 Å². The molecule has 0 heterocycles. The number of hydrazine groups is 1. The van der Waals surface area contributed by atoms with Gasteiger partial charge in [0.15, 0.2) is 0 Å². The van der Waals surface area contributed by atoms with Crippen LogP contribution in [0.4, 0.5) is 4.39 Å². The molecule has 0 atom stereocenters. The standard InChI is InChI=1S/C7H8BrFN2O/c8-6-2-1-5(4-11(10)12)7(9)3-6/h1-3,12H,4,10H2. The summed E-state index contributed by atoms with van der Waals surface area (Å²) in [5.74, 6) is 4.55. The fraction of sp³-hybridized carbons (Fsp3) is 0.143. The van der Waals surface area contributed by atoms with Crippen LogP contribution in [0.5, 0.6) is 0 Å². The van der Waals surface area contributed by atoms with E-state index in [4.69, 9.17) is 11.0 Å². The highest BCUT2D eigenvalue weighted by Gasteiger charge is 2.04. The van der Waals surface area contributed by atoms with Crippen LogP contribution in [0.25, 0.3) is 0 Å². The van der Waals surface area contributed by atoms with Crippen molar-refractivity contribution >= 4 is 15.9 Å². The van der Waals surface area contributed by atoms with E-state index in [2.05, 4.69) is 15.9 Å². The Balaban J connectivity index is 2.86. The Morgan fingerprint density at radius 3 is 2.75 bits per heavy atom. The molecule has 12 heavy (non-hydrogen) atoms. The van der Waals surface area contributed by atoms with Crippen molar-refractivity contribution in [2.45, 2.75) is 6.54 Å². The van der Waals surface area contributed by atoms with E-state index in [1.54, 1.807) is 12.1 Å². The third-order valence-corrected chi connectivity index (χ3v) is 1.84. The second-order valence-electron chi connectivity index (χ2n) is 2.33. The van der Waals surface area contributed by atoms with Gasteiger partial charge in [0.25, 0.3) is 0 Å². The number of benzene rings is 1. The number of hydroxylamine groups is 1. The maximum absolute atomic E-state index is 13.0. The van der Waals surface area contributed by atoms with Gasteiger partial charge >= 0.3 is 0 Å². The Hall–Kier alpha value is -0.490. The van der Waals surface area contributed by atoms with Crippen LogP contribution in [0.15, 0.2) is 22.7 Å². The molecule has 0 aliphatic heterocycles. The highest BCUT2D eigenvalue weighted by Crippen LogP contribution is 2.15. The van der Waals surface area contributed by atoms with Crippen molar-refractivity contribution in [3.8, 4) is 0 Å². The van der Waals surface area contributed by atoms with Crippen LogP contribution in [-0.4, -0.2) is 10.4 Å². The van der Waals surface area contributed by atoms with E-state index in [9.17, 15) is 4.39 Å². The molecule has 0 aliphatic carbocycles. The van der Waals surface area contributed by atoms with Gasteiger partial charge in [-0.1, -0.05) is 22.0 Å². The summed E-state index contributed by atoms with van der Waals surface area (Å²) in [6, 6.07) is 4.55. The minimum absolute atomic E-state index is 0.0287. The van der Waals surface area contributed by atoms with Crippen molar-refractivity contribution in [2.75, 3.05) is 0 Å². The molecule has 0 spiro atoms. The van der Waals surface area contributed by atoms with Gasteiger partial charge in [-0.05, 0) is 12.1 Å². The van der Waals surface area contributed by atoms with Crippen molar-refractivity contribution in [3.63, 3.8) is 0 Å². The zero-order valence-corrected chi connectivity index (χ0v) is 7.75. The molecule has 1 rings (SSSR count). The first-order valence-corrected chi connectivity index (χ1v) is 4.04. The molecule has 3 nitrogen and oxygen atoms in total. The molecule has 1 aromatic rings. The summed E-state index contributed by atoms with van der Waals surface area (Å²) in [4.78, 5) is 0. The van der Waals surface area contributed by atoms with E-state index in [1.807, 2.05) is 0 Å². The molecule has 5 heteroatoms. The van der Waals surface area contributed by atoms with Gasteiger partial charge in [0, 0.05) is 10.0 Å². The van der Waals surface area contributed by atoms with Crippen LogP contribution in [0.1, 0.15) is 5.56 Å². The number of hydrogen-bond acceptors (Lipinski definition) is 3. The molecule has 66 valence electrons. The molecule has 0 radical (unpaired) electrons. The number of nitrogens with zero attached hydrogens (tertiary/aromatic N) is 1. The quantitative estimate of drug-likeness (QED) is 0.605. The van der Waals surface area contributed by atoms with E-state index >= 15 is 0 Å². The molecular formula is C7H8BrFN2O. The Labute approximate surface area is 77.6 Å². The Bertz CT molecular complexity index is 280.